The largest absolute Gasteiger partial charge is 0.283 e. The van der Waals surface area contributed by atoms with Crippen LogP contribution in [-0.4, -0.2) is 20.4 Å². The fraction of sp³-hybridized carbons (Fsp3) is 1.00. The van der Waals surface area contributed by atoms with Crippen LogP contribution >= 0.6 is 20.0 Å². The highest BCUT2D eigenvalue weighted by Crippen LogP contribution is 2.44. The predicted octanol–water partition coefficient (Wildman–Crippen LogP) is 1.78. The molecule has 0 heterocycles. The Labute approximate surface area is 64.1 Å². The van der Waals surface area contributed by atoms with Gasteiger partial charge in [-0.1, -0.05) is 9.24 Å². The monoisotopic (exact) mass is 189 g/mol. The molecular weight excluding hydrogens is 176 g/mol. The zero-order valence-corrected chi connectivity index (χ0v) is 7.88. The van der Waals surface area contributed by atoms with Gasteiger partial charge in [-0.15, -0.1) is 10.8 Å². The van der Waals surface area contributed by atoms with Gasteiger partial charge in [0.25, 0.3) is 0 Å². The van der Waals surface area contributed by atoms with Crippen LogP contribution in [0.1, 0.15) is 13.8 Å². The van der Waals surface area contributed by atoms with E-state index in [0.29, 0.717) is 0 Å². The van der Waals surface area contributed by atoms with Gasteiger partial charge in [-0.3, -0.25) is 9.11 Å². The lowest BCUT2D eigenvalue weighted by Crippen LogP contribution is -2.30. The van der Waals surface area contributed by atoms with Gasteiger partial charge in [0, 0.05) is 6.04 Å². The summed E-state index contributed by atoms with van der Waals surface area (Å²) in [5.74, 6) is 0. The van der Waals surface area contributed by atoms with E-state index >= 15 is 0 Å². The summed E-state index contributed by atoms with van der Waals surface area (Å²) in [7, 11) is -1.55. The Kier molecular flexibility index (Phi) is 4.06. The zero-order chi connectivity index (χ0) is 8.36. The van der Waals surface area contributed by atoms with E-state index in [1.54, 1.807) is 23.1 Å². The first-order valence-corrected chi connectivity index (χ1v) is 5.08. The second kappa shape index (κ2) is 3.83. The maximum absolute atomic E-state index is 12.3. The molecule has 0 spiro atoms. The molecule has 0 fully saturated rings. The van der Waals surface area contributed by atoms with Crippen molar-refractivity contribution in [2.24, 2.45) is 0 Å². The van der Waals surface area contributed by atoms with Crippen molar-refractivity contribution in [1.29, 1.82) is 0 Å². The average Bonchev–Trinajstić information content (AvgIpc) is 1.60. The molecule has 2 unspecified atom stereocenters. The molecule has 10 heavy (non-hydrogen) atoms. The number of hydrogen-bond donors (Lipinski definition) is 3. The first-order valence-electron chi connectivity index (χ1n) is 2.80. The summed E-state index contributed by atoms with van der Waals surface area (Å²) in [6.07, 6.45) is 0. The van der Waals surface area contributed by atoms with E-state index in [-0.39, 0.29) is 6.04 Å². The van der Waals surface area contributed by atoms with Crippen LogP contribution in [0.4, 0.5) is 4.39 Å². The summed E-state index contributed by atoms with van der Waals surface area (Å²) >= 11 is 0. The molecule has 0 amide bonds. The SMILES string of the molecule is CC(C)NS(O)(O)C(F)P. The van der Waals surface area contributed by atoms with E-state index in [0.717, 1.165) is 0 Å². The molecule has 0 aliphatic heterocycles. The van der Waals surface area contributed by atoms with Crippen molar-refractivity contribution < 1.29 is 13.5 Å². The minimum absolute atomic E-state index is 0.135. The van der Waals surface area contributed by atoms with Crippen molar-refractivity contribution in [2.75, 3.05) is 0 Å². The molecule has 0 aromatic heterocycles. The maximum Gasteiger partial charge on any atom is 0.214 e. The molecular formula is C4H13FNO2PS. The van der Waals surface area contributed by atoms with Crippen LogP contribution < -0.4 is 4.72 Å². The summed E-state index contributed by atoms with van der Waals surface area (Å²) in [5, 5.41) is -1.70. The molecule has 64 valence electrons. The molecule has 0 aromatic carbocycles. The molecule has 0 bridgehead atoms. The Morgan fingerprint density at radius 3 is 2.00 bits per heavy atom. The van der Waals surface area contributed by atoms with Crippen LogP contribution in [0.3, 0.4) is 0 Å². The molecule has 0 rings (SSSR count). The lowest BCUT2D eigenvalue weighted by molar-refractivity contribution is 0.412. The van der Waals surface area contributed by atoms with Crippen LogP contribution in [0.2, 0.25) is 0 Å². The summed E-state index contributed by atoms with van der Waals surface area (Å²) in [6, 6.07) is -0.135. The Bertz CT molecular complexity index is 111. The van der Waals surface area contributed by atoms with Gasteiger partial charge in [0.1, 0.15) is 0 Å². The number of nitrogens with one attached hydrogen (secondary N) is 1. The topological polar surface area (TPSA) is 52.5 Å². The molecule has 3 nitrogen and oxygen atoms in total. The Balaban J connectivity index is 3.87. The molecule has 0 aliphatic rings. The second-order valence-electron chi connectivity index (χ2n) is 2.22. The predicted molar refractivity (Wildman–Crippen MR) is 45.7 cm³/mol. The van der Waals surface area contributed by atoms with Gasteiger partial charge in [-0.25, -0.2) is 9.11 Å². The minimum atomic E-state index is -3.25. The van der Waals surface area contributed by atoms with Gasteiger partial charge >= 0.3 is 0 Å². The lowest BCUT2D eigenvalue weighted by atomic mass is 10.4. The van der Waals surface area contributed by atoms with Crippen molar-refractivity contribution in [2.45, 2.75) is 25.1 Å². The molecule has 6 heteroatoms. The summed E-state index contributed by atoms with van der Waals surface area (Å²) < 4.78 is 32.4. The van der Waals surface area contributed by atoms with Gasteiger partial charge in [0.2, 0.25) is 5.24 Å². The summed E-state index contributed by atoms with van der Waals surface area (Å²) in [5.41, 5.74) is 0. The Hall–Kier alpha value is 0.590. The van der Waals surface area contributed by atoms with Gasteiger partial charge in [0.05, 0.1) is 0 Å². The Morgan fingerprint density at radius 2 is 1.90 bits per heavy atom. The van der Waals surface area contributed by atoms with E-state index in [1.807, 2.05) is 0 Å². The molecule has 0 saturated carbocycles. The number of hydrogen-bond acceptors (Lipinski definition) is 3. The van der Waals surface area contributed by atoms with Gasteiger partial charge in [0.15, 0.2) is 0 Å². The lowest BCUT2D eigenvalue weighted by Gasteiger charge is -2.35. The highest BCUT2D eigenvalue weighted by atomic mass is 32.3. The maximum atomic E-state index is 12.3. The molecule has 0 saturated heterocycles. The smallest absolute Gasteiger partial charge is 0.214 e. The van der Waals surface area contributed by atoms with Crippen LogP contribution in [0.5, 0.6) is 0 Å². The molecule has 2 atom stereocenters. The first-order chi connectivity index (χ1) is 4.36. The van der Waals surface area contributed by atoms with Crippen LogP contribution in [0.15, 0.2) is 0 Å². The third kappa shape index (κ3) is 3.68. The van der Waals surface area contributed by atoms with Crippen molar-refractivity contribution in [3.63, 3.8) is 0 Å². The second-order valence-corrected chi connectivity index (χ2v) is 5.16. The number of alkyl halides is 1. The van der Waals surface area contributed by atoms with Crippen molar-refractivity contribution in [1.82, 2.24) is 4.72 Å². The molecule has 0 aromatic rings. The third-order valence-electron chi connectivity index (χ3n) is 0.723. The number of rotatable bonds is 3. The van der Waals surface area contributed by atoms with E-state index in [4.69, 9.17) is 9.11 Å². The Morgan fingerprint density at radius 1 is 1.50 bits per heavy atom. The first kappa shape index (κ1) is 10.6. The van der Waals surface area contributed by atoms with Crippen LogP contribution in [-0.2, 0) is 0 Å². The van der Waals surface area contributed by atoms with E-state index in [1.165, 1.54) is 0 Å². The standard InChI is InChI=1S/C4H13FNO2PS/c1-3(2)6-10(7,8)4(5)9/h3-4,6-8H,9H2,1-2H3. The van der Waals surface area contributed by atoms with Gasteiger partial charge in [-0.05, 0) is 13.8 Å². The third-order valence-corrected chi connectivity index (χ3v) is 3.31. The zero-order valence-electron chi connectivity index (χ0n) is 5.91. The fourth-order valence-electron chi connectivity index (χ4n) is 0.412. The van der Waals surface area contributed by atoms with Crippen LogP contribution in [0, 0.1) is 0 Å². The highest BCUT2D eigenvalue weighted by molar-refractivity contribution is 8.25. The summed E-state index contributed by atoms with van der Waals surface area (Å²) in [4.78, 5) is 0. The van der Waals surface area contributed by atoms with Gasteiger partial charge in [-0.2, -0.15) is 0 Å². The van der Waals surface area contributed by atoms with E-state index < -0.39 is 16.0 Å². The fourth-order valence-corrected chi connectivity index (χ4v) is 1.47. The normalized spacial score (nSPS) is 17.5. The molecule has 0 aliphatic carbocycles. The van der Waals surface area contributed by atoms with Gasteiger partial charge < -0.3 is 0 Å². The van der Waals surface area contributed by atoms with Crippen molar-refractivity contribution in [3.05, 3.63) is 0 Å². The van der Waals surface area contributed by atoms with Crippen molar-refractivity contribution >= 4 is 20.0 Å². The van der Waals surface area contributed by atoms with E-state index in [9.17, 15) is 4.39 Å². The van der Waals surface area contributed by atoms with Crippen LogP contribution in [0.25, 0.3) is 0 Å². The van der Waals surface area contributed by atoms with Crippen molar-refractivity contribution in [3.8, 4) is 0 Å². The number of halogens is 1. The van der Waals surface area contributed by atoms with E-state index in [2.05, 4.69) is 4.72 Å². The average molecular weight is 189 g/mol. The molecule has 0 radical (unpaired) electrons. The minimum Gasteiger partial charge on any atom is -0.283 e. The quantitative estimate of drug-likeness (QED) is 0.593. The summed E-state index contributed by atoms with van der Waals surface area (Å²) in [6.45, 7) is 3.42. The highest BCUT2D eigenvalue weighted by Gasteiger charge is 2.20. The molecule has 3 N–H and O–H groups in total.